The Balaban J connectivity index is 1.15. The first-order valence-corrected chi connectivity index (χ1v) is 12.8. The fraction of sp³-hybridized carbons (Fsp3) is 0.259. The highest BCUT2D eigenvalue weighted by atomic mass is 32.1. The highest BCUT2D eigenvalue weighted by Crippen LogP contribution is 2.39. The molecule has 3 aromatic heterocycles. The number of aromatic nitrogens is 3. The molecule has 0 unspecified atom stereocenters. The molecule has 2 aliphatic rings. The molecule has 5 heterocycles. The summed E-state index contributed by atoms with van der Waals surface area (Å²) in [6.45, 7) is 3.07. The van der Waals surface area contributed by atoms with Crippen molar-refractivity contribution in [3.05, 3.63) is 82.3 Å². The average Bonchev–Trinajstić information content (AvgIpc) is 3.55. The minimum atomic E-state index is -0.148. The van der Waals surface area contributed by atoms with Gasteiger partial charge in [0.1, 0.15) is 11.6 Å². The second kappa shape index (κ2) is 9.67. The van der Waals surface area contributed by atoms with Crippen molar-refractivity contribution in [3.8, 4) is 16.9 Å². The predicted molar refractivity (Wildman–Crippen MR) is 141 cm³/mol. The van der Waals surface area contributed by atoms with Crippen LogP contribution in [0.5, 0.6) is 5.75 Å². The smallest absolute Gasteiger partial charge is 0.257 e. The monoisotopic (exact) mass is 498 g/mol. The van der Waals surface area contributed by atoms with Crippen LogP contribution in [-0.4, -0.2) is 46.0 Å². The van der Waals surface area contributed by atoms with Crippen LogP contribution in [0, 0.1) is 0 Å². The first kappa shape index (κ1) is 22.6. The van der Waals surface area contributed by atoms with Crippen LogP contribution in [0.2, 0.25) is 0 Å². The summed E-state index contributed by atoms with van der Waals surface area (Å²) in [5.74, 6) is 1.54. The van der Waals surface area contributed by atoms with Gasteiger partial charge in [-0.05, 0) is 42.4 Å². The molecule has 2 N–H and O–H groups in total. The predicted octanol–water partition coefficient (Wildman–Crippen LogP) is 4.39. The van der Waals surface area contributed by atoms with Crippen molar-refractivity contribution >= 4 is 28.2 Å². The zero-order chi connectivity index (χ0) is 24.5. The van der Waals surface area contributed by atoms with Crippen molar-refractivity contribution in [2.24, 2.45) is 0 Å². The van der Waals surface area contributed by atoms with E-state index in [9.17, 15) is 4.79 Å². The Morgan fingerprint density at radius 3 is 2.97 bits per heavy atom. The van der Waals surface area contributed by atoms with Gasteiger partial charge in [0.05, 0.1) is 12.3 Å². The Labute approximate surface area is 213 Å². The third-order valence-electron chi connectivity index (χ3n) is 6.51. The van der Waals surface area contributed by atoms with Crippen molar-refractivity contribution in [1.82, 2.24) is 19.9 Å². The third kappa shape index (κ3) is 4.55. The van der Waals surface area contributed by atoms with E-state index < -0.39 is 0 Å². The van der Waals surface area contributed by atoms with E-state index in [2.05, 4.69) is 32.5 Å². The first-order chi connectivity index (χ1) is 17.6. The van der Waals surface area contributed by atoms with Gasteiger partial charge < -0.3 is 15.0 Å². The second-order valence-electron chi connectivity index (χ2n) is 9.05. The fourth-order valence-corrected chi connectivity index (χ4v) is 5.71. The minimum absolute atomic E-state index is 0.148. The lowest BCUT2D eigenvalue weighted by Gasteiger charge is -2.20. The third-order valence-corrected chi connectivity index (χ3v) is 7.51. The fourth-order valence-electron chi connectivity index (χ4n) is 4.63. The lowest BCUT2D eigenvalue weighted by atomic mass is 10.0. The van der Waals surface area contributed by atoms with Crippen LogP contribution in [0.15, 0.2) is 55.0 Å². The molecule has 8 nitrogen and oxygen atoms in total. The maximum absolute atomic E-state index is 12.9. The molecule has 0 saturated heterocycles. The number of anilines is 2. The molecule has 0 fully saturated rings. The lowest BCUT2D eigenvalue weighted by Crippen LogP contribution is -2.25. The minimum Gasteiger partial charge on any atom is -0.492 e. The topological polar surface area (TPSA) is 92.3 Å². The van der Waals surface area contributed by atoms with Gasteiger partial charge in [-0.3, -0.25) is 15.1 Å². The van der Waals surface area contributed by atoms with E-state index in [4.69, 9.17) is 9.72 Å². The van der Waals surface area contributed by atoms with Crippen molar-refractivity contribution in [2.75, 3.05) is 30.8 Å². The number of carbonyl (C=O) groups is 1. The van der Waals surface area contributed by atoms with Gasteiger partial charge in [-0.15, -0.1) is 11.3 Å². The van der Waals surface area contributed by atoms with Crippen molar-refractivity contribution in [3.63, 3.8) is 0 Å². The molecule has 182 valence electrons. The Hall–Kier alpha value is -3.82. The summed E-state index contributed by atoms with van der Waals surface area (Å²) >= 11 is 1.56. The number of amides is 1. The maximum Gasteiger partial charge on any atom is 0.257 e. The molecule has 6 rings (SSSR count). The Kier molecular flexibility index (Phi) is 6.08. The summed E-state index contributed by atoms with van der Waals surface area (Å²) < 4.78 is 5.96. The zero-order valence-electron chi connectivity index (χ0n) is 20.0. The highest BCUT2D eigenvalue weighted by Gasteiger charge is 2.23. The van der Waals surface area contributed by atoms with Crippen LogP contribution in [0.1, 0.15) is 32.1 Å². The molecular formula is C27H26N6O2S. The van der Waals surface area contributed by atoms with E-state index in [1.807, 2.05) is 42.6 Å². The number of nitrogens with one attached hydrogen (secondary N) is 2. The molecular weight excluding hydrogens is 472 g/mol. The van der Waals surface area contributed by atoms with Gasteiger partial charge in [-0.2, -0.15) is 0 Å². The number of fused-ring (bicyclic) bond motifs is 2. The van der Waals surface area contributed by atoms with Gasteiger partial charge in [-0.25, -0.2) is 9.97 Å². The number of ether oxygens (including phenoxy) is 1. The Morgan fingerprint density at radius 1 is 1.19 bits per heavy atom. The summed E-state index contributed by atoms with van der Waals surface area (Å²) in [4.78, 5) is 29.9. The molecule has 36 heavy (non-hydrogen) atoms. The van der Waals surface area contributed by atoms with Crippen molar-refractivity contribution in [1.29, 1.82) is 0 Å². The molecule has 4 aromatic rings. The summed E-state index contributed by atoms with van der Waals surface area (Å²) in [6, 6.07) is 11.6. The Bertz CT molecular complexity index is 1420. The maximum atomic E-state index is 12.9. The van der Waals surface area contributed by atoms with E-state index in [1.165, 1.54) is 4.88 Å². The number of benzene rings is 1. The molecule has 9 heteroatoms. The van der Waals surface area contributed by atoms with Gasteiger partial charge >= 0.3 is 0 Å². The van der Waals surface area contributed by atoms with Gasteiger partial charge in [0.15, 0.2) is 5.13 Å². The molecule has 0 aliphatic carbocycles. The summed E-state index contributed by atoms with van der Waals surface area (Å²) in [7, 11) is 2.10. The van der Waals surface area contributed by atoms with Crippen LogP contribution >= 0.6 is 11.3 Å². The zero-order valence-corrected chi connectivity index (χ0v) is 20.8. The van der Waals surface area contributed by atoms with Crippen molar-refractivity contribution < 1.29 is 9.53 Å². The molecule has 2 aliphatic heterocycles. The lowest BCUT2D eigenvalue weighted by molar-refractivity contribution is 0.102. The quantitative estimate of drug-likeness (QED) is 0.407. The summed E-state index contributed by atoms with van der Waals surface area (Å²) in [6.07, 6.45) is 7.11. The van der Waals surface area contributed by atoms with Crippen LogP contribution < -0.4 is 15.4 Å². The number of thiazole rings is 1. The first-order valence-electron chi connectivity index (χ1n) is 12.0. The Morgan fingerprint density at radius 2 is 2.08 bits per heavy atom. The van der Waals surface area contributed by atoms with E-state index in [1.54, 1.807) is 23.7 Å². The second-order valence-corrected chi connectivity index (χ2v) is 10.1. The molecule has 0 atom stereocenters. The molecule has 0 bridgehead atoms. The van der Waals surface area contributed by atoms with Crippen LogP contribution in [0.3, 0.4) is 0 Å². The van der Waals surface area contributed by atoms with Crippen LogP contribution in [-0.2, 0) is 25.9 Å². The van der Waals surface area contributed by atoms with E-state index in [-0.39, 0.29) is 5.91 Å². The number of carbonyl (C=O) groups excluding carboxylic acids is 1. The van der Waals surface area contributed by atoms with Crippen LogP contribution in [0.4, 0.5) is 10.9 Å². The summed E-state index contributed by atoms with van der Waals surface area (Å²) in [5.41, 5.74) is 5.80. The molecule has 0 saturated carbocycles. The summed E-state index contributed by atoms with van der Waals surface area (Å²) in [5, 5.41) is 7.09. The van der Waals surface area contributed by atoms with E-state index in [0.717, 1.165) is 65.4 Å². The number of likely N-dealkylation sites (N-methyl/N-ethyl adjacent to an activating group) is 1. The SMILES string of the molecule is CN1CCc2nc(NC(=O)c3cccc(CNc4ncc(-c5ccncc5)c5c4CCO5)c3)sc2C1. The standard InChI is InChI=1S/C27H26N6O2S/c1-33-11-7-22-23(16-33)36-27(31-22)32-26(34)19-4-2-3-17(13-19)14-29-25-20-8-12-35-24(20)21(15-30-25)18-5-9-28-10-6-18/h2-6,9-10,13,15H,7-8,11-12,14,16H2,1H3,(H,29,30)(H,31,32,34). The highest BCUT2D eigenvalue weighted by molar-refractivity contribution is 7.15. The van der Waals surface area contributed by atoms with E-state index >= 15 is 0 Å². The van der Waals surface area contributed by atoms with Crippen LogP contribution in [0.25, 0.3) is 11.1 Å². The number of pyridine rings is 2. The van der Waals surface area contributed by atoms with Gasteiger partial charge in [0, 0.05) is 72.6 Å². The number of hydrogen-bond acceptors (Lipinski definition) is 8. The number of nitrogens with zero attached hydrogens (tertiary/aromatic N) is 4. The van der Waals surface area contributed by atoms with Crippen molar-refractivity contribution in [2.45, 2.75) is 25.9 Å². The van der Waals surface area contributed by atoms with Gasteiger partial charge in [0.25, 0.3) is 5.91 Å². The molecule has 0 radical (unpaired) electrons. The molecule has 1 amide bonds. The average molecular weight is 499 g/mol. The number of rotatable bonds is 6. The molecule has 0 spiro atoms. The largest absolute Gasteiger partial charge is 0.492 e. The van der Waals surface area contributed by atoms with Gasteiger partial charge in [-0.1, -0.05) is 12.1 Å². The van der Waals surface area contributed by atoms with E-state index in [0.29, 0.717) is 23.8 Å². The van der Waals surface area contributed by atoms with Gasteiger partial charge in [0.2, 0.25) is 0 Å². The number of hydrogen-bond donors (Lipinski definition) is 2. The molecule has 1 aromatic carbocycles. The normalized spacial score (nSPS) is 14.6.